The molecule has 0 saturated heterocycles. The summed E-state index contributed by atoms with van der Waals surface area (Å²) in [6.45, 7) is 4.19. The van der Waals surface area contributed by atoms with Crippen LogP contribution in [0.1, 0.15) is 11.1 Å². The van der Waals surface area contributed by atoms with Gasteiger partial charge in [0, 0.05) is 8.95 Å². The van der Waals surface area contributed by atoms with Crippen molar-refractivity contribution in [2.75, 3.05) is 0 Å². The third kappa shape index (κ3) is 5.47. The summed E-state index contributed by atoms with van der Waals surface area (Å²) in [5.41, 5.74) is 2.61. The van der Waals surface area contributed by atoms with E-state index in [0.717, 1.165) is 4.47 Å². The number of benzene rings is 2. The molecule has 0 atom stereocenters. The van der Waals surface area contributed by atoms with Gasteiger partial charge in [-0.15, -0.1) is 0 Å². The molecule has 0 unspecified atom stereocenters. The van der Waals surface area contributed by atoms with Crippen molar-refractivity contribution < 1.29 is 0 Å². The SMILES string of the molecule is Brc1ccccc1.Cc1cc(C)cc(Br)c1. The summed E-state index contributed by atoms with van der Waals surface area (Å²) in [4.78, 5) is 0. The number of hydrogen-bond donors (Lipinski definition) is 0. The van der Waals surface area contributed by atoms with Crippen LogP contribution in [0.3, 0.4) is 0 Å². The van der Waals surface area contributed by atoms with Gasteiger partial charge in [-0.1, -0.05) is 56.1 Å². The highest BCUT2D eigenvalue weighted by Gasteiger charge is 1.88. The molecule has 0 bridgehead atoms. The van der Waals surface area contributed by atoms with Crippen molar-refractivity contribution in [3.63, 3.8) is 0 Å². The highest BCUT2D eigenvalue weighted by atomic mass is 79.9. The lowest BCUT2D eigenvalue weighted by atomic mass is 10.2. The Kier molecular flexibility index (Phi) is 5.78. The molecule has 0 N–H and O–H groups in total. The molecule has 0 amide bonds. The van der Waals surface area contributed by atoms with E-state index in [1.54, 1.807) is 0 Å². The normalized spacial score (nSPS) is 9.25. The zero-order valence-electron chi connectivity index (χ0n) is 9.37. The summed E-state index contributed by atoms with van der Waals surface area (Å²) in [7, 11) is 0. The number of hydrogen-bond acceptors (Lipinski definition) is 0. The topological polar surface area (TPSA) is 0 Å². The molecule has 0 spiro atoms. The van der Waals surface area contributed by atoms with Crippen LogP contribution in [0.2, 0.25) is 0 Å². The van der Waals surface area contributed by atoms with Gasteiger partial charge < -0.3 is 0 Å². The summed E-state index contributed by atoms with van der Waals surface area (Å²) in [6, 6.07) is 16.3. The van der Waals surface area contributed by atoms with Crippen molar-refractivity contribution in [3.05, 3.63) is 68.6 Å². The van der Waals surface area contributed by atoms with Crippen molar-refractivity contribution >= 4 is 31.9 Å². The predicted molar refractivity (Wildman–Crippen MR) is 77.8 cm³/mol. The highest BCUT2D eigenvalue weighted by molar-refractivity contribution is 9.10. The van der Waals surface area contributed by atoms with E-state index in [2.05, 4.69) is 63.9 Å². The lowest BCUT2D eigenvalue weighted by Gasteiger charge is -1.95. The quantitative estimate of drug-likeness (QED) is 0.592. The molecule has 2 aromatic rings. The highest BCUT2D eigenvalue weighted by Crippen LogP contribution is 2.13. The molecule has 0 aliphatic heterocycles. The Morgan fingerprint density at radius 2 is 1.19 bits per heavy atom. The molecule has 0 radical (unpaired) electrons. The number of halogens is 2. The van der Waals surface area contributed by atoms with Crippen LogP contribution in [0.15, 0.2) is 57.5 Å². The van der Waals surface area contributed by atoms with Gasteiger partial charge in [0.15, 0.2) is 0 Å². The third-order valence-electron chi connectivity index (χ3n) is 1.92. The van der Waals surface area contributed by atoms with E-state index >= 15 is 0 Å². The van der Waals surface area contributed by atoms with Crippen molar-refractivity contribution in [1.82, 2.24) is 0 Å². The Morgan fingerprint density at radius 1 is 0.688 bits per heavy atom. The molecule has 0 aliphatic rings. The summed E-state index contributed by atoms with van der Waals surface area (Å²) < 4.78 is 2.30. The Morgan fingerprint density at radius 3 is 1.50 bits per heavy atom. The summed E-state index contributed by atoms with van der Waals surface area (Å²) in [5, 5.41) is 0. The van der Waals surface area contributed by atoms with Crippen LogP contribution in [0, 0.1) is 13.8 Å². The third-order valence-corrected chi connectivity index (χ3v) is 2.91. The first kappa shape index (κ1) is 13.5. The Labute approximate surface area is 114 Å². The van der Waals surface area contributed by atoms with Gasteiger partial charge >= 0.3 is 0 Å². The maximum atomic E-state index is 3.41. The minimum atomic E-state index is 1.13. The summed E-state index contributed by atoms with van der Waals surface area (Å²) >= 11 is 6.72. The number of rotatable bonds is 0. The Hall–Kier alpha value is -0.600. The van der Waals surface area contributed by atoms with Crippen LogP contribution in [0.25, 0.3) is 0 Å². The molecule has 0 saturated carbocycles. The van der Waals surface area contributed by atoms with Gasteiger partial charge in [0.25, 0.3) is 0 Å². The van der Waals surface area contributed by atoms with Crippen molar-refractivity contribution in [3.8, 4) is 0 Å². The molecule has 2 heteroatoms. The van der Waals surface area contributed by atoms with Crippen molar-refractivity contribution in [1.29, 1.82) is 0 Å². The molecule has 2 aromatic carbocycles. The minimum absolute atomic E-state index is 1.13. The van der Waals surface area contributed by atoms with Gasteiger partial charge in [0.05, 0.1) is 0 Å². The van der Waals surface area contributed by atoms with E-state index in [1.165, 1.54) is 15.6 Å². The van der Waals surface area contributed by atoms with E-state index in [4.69, 9.17) is 0 Å². The first-order chi connectivity index (χ1) is 7.58. The van der Waals surface area contributed by atoms with E-state index in [9.17, 15) is 0 Å². The van der Waals surface area contributed by atoms with Gasteiger partial charge in [-0.25, -0.2) is 0 Å². The molecule has 0 fully saturated rings. The fourth-order valence-electron chi connectivity index (χ4n) is 1.33. The van der Waals surface area contributed by atoms with E-state index in [1.807, 2.05) is 30.3 Å². The fourth-order valence-corrected chi connectivity index (χ4v) is 2.36. The van der Waals surface area contributed by atoms with Gasteiger partial charge in [-0.05, 0) is 49.2 Å². The summed E-state index contributed by atoms with van der Waals surface area (Å²) in [5.74, 6) is 0. The monoisotopic (exact) mass is 340 g/mol. The van der Waals surface area contributed by atoms with Crippen LogP contribution in [-0.2, 0) is 0 Å². The molecular formula is C14H14Br2. The van der Waals surface area contributed by atoms with Crippen molar-refractivity contribution in [2.45, 2.75) is 13.8 Å². The molecule has 0 nitrogen and oxygen atoms in total. The largest absolute Gasteiger partial charge is 0.0622 e. The molecule has 84 valence electrons. The van der Waals surface area contributed by atoms with E-state index in [0.29, 0.717) is 0 Å². The second-order valence-corrected chi connectivity index (χ2v) is 5.43. The smallest absolute Gasteiger partial charge is 0.0180 e. The zero-order valence-corrected chi connectivity index (χ0v) is 12.5. The van der Waals surface area contributed by atoms with Gasteiger partial charge in [0.1, 0.15) is 0 Å². The maximum Gasteiger partial charge on any atom is 0.0180 e. The van der Waals surface area contributed by atoms with Crippen LogP contribution >= 0.6 is 31.9 Å². The van der Waals surface area contributed by atoms with Crippen LogP contribution < -0.4 is 0 Å². The van der Waals surface area contributed by atoms with Crippen molar-refractivity contribution in [2.24, 2.45) is 0 Å². The van der Waals surface area contributed by atoms with E-state index in [-0.39, 0.29) is 0 Å². The first-order valence-corrected chi connectivity index (χ1v) is 6.61. The molecule has 16 heavy (non-hydrogen) atoms. The molecule has 2 rings (SSSR count). The second-order valence-electron chi connectivity index (χ2n) is 3.60. The Balaban J connectivity index is 0.000000165. The van der Waals surface area contributed by atoms with Gasteiger partial charge in [0.2, 0.25) is 0 Å². The first-order valence-electron chi connectivity index (χ1n) is 5.02. The lowest BCUT2D eigenvalue weighted by Crippen LogP contribution is -1.74. The molecule has 0 aromatic heterocycles. The Bertz CT molecular complexity index is 385. The summed E-state index contributed by atoms with van der Waals surface area (Å²) in [6.07, 6.45) is 0. The fraction of sp³-hybridized carbons (Fsp3) is 0.143. The number of aryl methyl sites for hydroxylation is 2. The van der Waals surface area contributed by atoms with Crippen LogP contribution in [-0.4, -0.2) is 0 Å². The molecule has 0 aliphatic carbocycles. The average Bonchev–Trinajstić information content (AvgIpc) is 2.17. The maximum absolute atomic E-state index is 3.41. The minimum Gasteiger partial charge on any atom is -0.0622 e. The average molecular weight is 342 g/mol. The predicted octanol–water partition coefficient (Wildman–Crippen LogP) is 5.52. The zero-order chi connectivity index (χ0) is 12.0. The van der Waals surface area contributed by atoms with E-state index < -0.39 is 0 Å². The molecular weight excluding hydrogens is 328 g/mol. The van der Waals surface area contributed by atoms with Gasteiger partial charge in [-0.3, -0.25) is 0 Å². The molecule has 0 heterocycles. The second kappa shape index (κ2) is 6.87. The van der Waals surface area contributed by atoms with Crippen LogP contribution in [0.5, 0.6) is 0 Å². The van der Waals surface area contributed by atoms with Crippen LogP contribution in [0.4, 0.5) is 0 Å². The lowest BCUT2D eigenvalue weighted by molar-refractivity contribution is 1.37. The standard InChI is InChI=1S/C8H9Br.C6H5Br/c1-6-3-7(2)5-8(9)4-6;7-6-4-2-1-3-5-6/h3-5H,1-2H3;1-5H. The van der Waals surface area contributed by atoms with Gasteiger partial charge in [-0.2, -0.15) is 0 Å².